The number of thioether (sulfide) groups is 1. The second kappa shape index (κ2) is 14.4. The lowest BCUT2D eigenvalue weighted by Gasteiger charge is -2.12. The molecule has 0 unspecified atom stereocenters. The first-order valence-electron chi connectivity index (χ1n) is 12.8. The van der Waals surface area contributed by atoms with E-state index in [1.54, 1.807) is 84.9 Å². The number of hydrogen-bond acceptors (Lipinski definition) is 7. The lowest BCUT2D eigenvalue weighted by Crippen LogP contribution is -2.30. The molecule has 10 nitrogen and oxygen atoms in total. The molecule has 0 fully saturated rings. The first kappa shape index (κ1) is 30.4. The van der Waals surface area contributed by atoms with Crippen LogP contribution in [0.4, 0.5) is 11.4 Å². The van der Waals surface area contributed by atoms with Gasteiger partial charge < -0.3 is 30.9 Å². The number of anilines is 2. The highest BCUT2D eigenvalue weighted by molar-refractivity contribution is 8.00. The fourth-order valence-electron chi connectivity index (χ4n) is 3.83. The first-order chi connectivity index (χ1) is 20.7. The van der Waals surface area contributed by atoms with E-state index in [9.17, 15) is 24.3 Å². The van der Waals surface area contributed by atoms with E-state index in [1.807, 2.05) is 0 Å². The smallest absolute Gasteiger partial charge is 0.339 e. The van der Waals surface area contributed by atoms with Crippen molar-refractivity contribution in [3.63, 3.8) is 0 Å². The van der Waals surface area contributed by atoms with Crippen LogP contribution >= 0.6 is 11.8 Å². The first-order valence-corrected chi connectivity index (χ1v) is 13.8. The summed E-state index contributed by atoms with van der Waals surface area (Å²) in [5, 5.41) is 26.9. The maximum absolute atomic E-state index is 13.4. The highest BCUT2D eigenvalue weighted by Crippen LogP contribution is 2.24. The van der Waals surface area contributed by atoms with Gasteiger partial charge in [0.2, 0.25) is 5.91 Å². The molecule has 5 N–H and O–H groups in total. The van der Waals surface area contributed by atoms with Crippen molar-refractivity contribution in [3.8, 4) is 11.5 Å². The van der Waals surface area contributed by atoms with Crippen LogP contribution in [0, 0.1) is 0 Å². The molecule has 43 heavy (non-hydrogen) atoms. The van der Waals surface area contributed by atoms with Gasteiger partial charge >= 0.3 is 5.97 Å². The number of aromatic hydroxyl groups is 1. The van der Waals surface area contributed by atoms with Gasteiger partial charge in [0.25, 0.3) is 11.8 Å². The van der Waals surface area contributed by atoms with Crippen LogP contribution < -0.4 is 20.7 Å². The highest BCUT2D eigenvalue weighted by Gasteiger charge is 2.16. The number of nitrogens with one attached hydrogen (secondary N) is 3. The average Bonchev–Trinajstić information content (AvgIpc) is 3.01. The van der Waals surface area contributed by atoms with Crippen molar-refractivity contribution < 1.29 is 34.1 Å². The predicted octanol–water partition coefficient (Wildman–Crippen LogP) is 5.24. The van der Waals surface area contributed by atoms with Crippen molar-refractivity contribution in [2.45, 2.75) is 4.90 Å². The maximum Gasteiger partial charge on any atom is 0.339 e. The van der Waals surface area contributed by atoms with Crippen LogP contribution in [0.1, 0.15) is 26.3 Å². The molecular formula is C32H27N3O7S. The van der Waals surface area contributed by atoms with E-state index in [1.165, 1.54) is 37.1 Å². The van der Waals surface area contributed by atoms with Crippen molar-refractivity contribution in [1.29, 1.82) is 0 Å². The van der Waals surface area contributed by atoms with Crippen LogP contribution in [0.2, 0.25) is 0 Å². The number of aromatic carboxylic acids is 1. The number of carboxylic acids is 1. The van der Waals surface area contributed by atoms with E-state index in [-0.39, 0.29) is 22.7 Å². The number of ether oxygens (including phenoxy) is 1. The van der Waals surface area contributed by atoms with Crippen LogP contribution in [0.3, 0.4) is 0 Å². The number of phenols is 1. The Kier molecular flexibility index (Phi) is 10.2. The predicted molar refractivity (Wildman–Crippen MR) is 164 cm³/mol. The topological polar surface area (TPSA) is 154 Å². The SMILES string of the molecule is COc1cccc(/C=C(\NC(=O)c2ccccc2)C(=O)Nc2cccc(SCC(=O)Nc3ccc(O)c(C(=O)O)c3)c2)c1. The monoisotopic (exact) mass is 597 g/mol. The van der Waals surface area contributed by atoms with Crippen molar-refractivity contribution in [3.05, 3.63) is 119 Å². The van der Waals surface area contributed by atoms with Gasteiger partial charge in [-0.25, -0.2) is 4.79 Å². The zero-order valence-electron chi connectivity index (χ0n) is 22.9. The average molecular weight is 598 g/mol. The number of carbonyl (C=O) groups excluding carboxylic acids is 3. The molecule has 4 rings (SSSR count). The number of rotatable bonds is 11. The number of hydrogen-bond donors (Lipinski definition) is 5. The van der Waals surface area contributed by atoms with E-state index in [0.717, 1.165) is 0 Å². The third-order valence-electron chi connectivity index (χ3n) is 5.91. The van der Waals surface area contributed by atoms with Gasteiger partial charge in [0.05, 0.1) is 12.9 Å². The summed E-state index contributed by atoms with van der Waals surface area (Å²) in [5.41, 5.74) is 1.37. The number of benzene rings is 4. The van der Waals surface area contributed by atoms with E-state index < -0.39 is 29.4 Å². The zero-order chi connectivity index (χ0) is 30.8. The lowest BCUT2D eigenvalue weighted by atomic mass is 10.1. The molecule has 4 aromatic carbocycles. The minimum Gasteiger partial charge on any atom is -0.507 e. The molecule has 0 aliphatic carbocycles. The van der Waals surface area contributed by atoms with Gasteiger partial charge in [0, 0.05) is 21.8 Å². The fourth-order valence-corrected chi connectivity index (χ4v) is 4.59. The Balaban J connectivity index is 1.45. The molecule has 11 heteroatoms. The molecule has 0 heterocycles. The minimum atomic E-state index is -1.32. The van der Waals surface area contributed by atoms with E-state index in [0.29, 0.717) is 27.5 Å². The molecule has 4 aromatic rings. The van der Waals surface area contributed by atoms with Crippen LogP contribution in [0.5, 0.6) is 11.5 Å². The molecule has 0 spiro atoms. The molecule has 0 saturated carbocycles. The number of carboxylic acid groups (broad SMARTS) is 1. The Bertz CT molecular complexity index is 1690. The van der Waals surface area contributed by atoms with Crippen LogP contribution in [-0.2, 0) is 9.59 Å². The number of methoxy groups -OCH3 is 1. The van der Waals surface area contributed by atoms with Crippen LogP contribution in [-0.4, -0.2) is 46.8 Å². The van der Waals surface area contributed by atoms with Gasteiger partial charge in [-0.1, -0.05) is 36.4 Å². The molecular weight excluding hydrogens is 570 g/mol. The maximum atomic E-state index is 13.4. The Hall–Kier alpha value is -5.55. The van der Waals surface area contributed by atoms with E-state index >= 15 is 0 Å². The molecule has 218 valence electrons. The molecule has 0 aromatic heterocycles. The third kappa shape index (κ3) is 8.72. The van der Waals surface area contributed by atoms with Gasteiger partial charge in [0.1, 0.15) is 22.8 Å². The zero-order valence-corrected chi connectivity index (χ0v) is 23.7. The lowest BCUT2D eigenvalue weighted by molar-refractivity contribution is -0.114. The minimum absolute atomic E-state index is 0.00515. The summed E-state index contributed by atoms with van der Waals surface area (Å²) in [6.07, 6.45) is 1.54. The molecule has 3 amide bonds. The molecule has 0 aliphatic heterocycles. The third-order valence-corrected chi connectivity index (χ3v) is 6.90. The van der Waals surface area contributed by atoms with Gasteiger partial charge in [-0.15, -0.1) is 11.8 Å². The second-order valence-corrected chi connectivity index (χ2v) is 10.1. The quantitative estimate of drug-likeness (QED) is 0.0894. The Morgan fingerprint density at radius 2 is 1.58 bits per heavy atom. The largest absolute Gasteiger partial charge is 0.507 e. The van der Waals surface area contributed by atoms with E-state index in [4.69, 9.17) is 9.84 Å². The standard InChI is InChI=1S/C32H27N3O7S/c1-42-24-11-5-7-20(15-24)16-27(35-30(38)21-8-3-2-4-9-21)31(39)34-22-10-6-12-25(17-22)43-19-29(37)33-23-13-14-28(36)26(18-23)32(40)41/h2-18,36H,19H2,1H3,(H,33,37)(H,34,39)(H,35,38)(H,40,41)/b27-16-. The molecule has 0 bridgehead atoms. The summed E-state index contributed by atoms with van der Waals surface area (Å²) >= 11 is 1.20. The van der Waals surface area contributed by atoms with Crippen molar-refractivity contribution >= 4 is 52.9 Å². The summed E-state index contributed by atoms with van der Waals surface area (Å²) in [5.74, 6) is -2.55. The summed E-state index contributed by atoms with van der Waals surface area (Å²) in [6.45, 7) is 0. The van der Waals surface area contributed by atoms with Crippen LogP contribution in [0.25, 0.3) is 6.08 Å². The molecule has 0 saturated heterocycles. The van der Waals surface area contributed by atoms with Crippen molar-refractivity contribution in [2.24, 2.45) is 0 Å². The molecule has 0 aliphatic rings. The molecule has 0 radical (unpaired) electrons. The second-order valence-electron chi connectivity index (χ2n) is 9.01. The summed E-state index contributed by atoms with van der Waals surface area (Å²) < 4.78 is 5.27. The van der Waals surface area contributed by atoms with Gasteiger partial charge in [0.15, 0.2) is 0 Å². The van der Waals surface area contributed by atoms with Crippen molar-refractivity contribution in [2.75, 3.05) is 23.5 Å². The summed E-state index contributed by atoms with van der Waals surface area (Å²) in [6, 6.07) is 26.1. The Morgan fingerprint density at radius 1 is 0.837 bits per heavy atom. The van der Waals surface area contributed by atoms with Gasteiger partial charge in [-0.2, -0.15) is 0 Å². The Morgan fingerprint density at radius 3 is 2.33 bits per heavy atom. The summed E-state index contributed by atoms with van der Waals surface area (Å²) in [7, 11) is 1.53. The van der Waals surface area contributed by atoms with Crippen molar-refractivity contribution in [1.82, 2.24) is 5.32 Å². The van der Waals surface area contributed by atoms with Crippen LogP contribution in [0.15, 0.2) is 108 Å². The van der Waals surface area contributed by atoms with Gasteiger partial charge in [-0.3, -0.25) is 14.4 Å². The Labute approximate surface area is 251 Å². The molecule has 0 atom stereocenters. The number of amides is 3. The highest BCUT2D eigenvalue weighted by atomic mass is 32.2. The van der Waals surface area contributed by atoms with Gasteiger partial charge in [-0.05, 0) is 72.3 Å². The normalized spacial score (nSPS) is 10.9. The summed E-state index contributed by atoms with van der Waals surface area (Å²) in [4.78, 5) is 50.6. The van der Waals surface area contributed by atoms with E-state index in [2.05, 4.69) is 16.0 Å². The number of carbonyl (C=O) groups is 4. The fraction of sp³-hybridized carbons (Fsp3) is 0.0625.